The molecule has 1 aliphatic rings. The molecule has 0 aliphatic carbocycles. The topological polar surface area (TPSA) is 78.5 Å². The number of amides is 3. The van der Waals surface area contributed by atoms with E-state index in [1.54, 1.807) is 24.3 Å². The minimum absolute atomic E-state index is 0.0208. The summed E-state index contributed by atoms with van der Waals surface area (Å²) in [5, 5.41) is 0.519. The molecule has 3 rings (SSSR count). The van der Waals surface area contributed by atoms with Crippen LogP contribution in [0.1, 0.15) is 12.0 Å². The first-order chi connectivity index (χ1) is 12.0. The summed E-state index contributed by atoms with van der Waals surface area (Å²) < 4.78 is 0. The van der Waals surface area contributed by atoms with E-state index in [0.29, 0.717) is 10.7 Å². The molecule has 1 heterocycles. The molecule has 3 amide bonds. The van der Waals surface area contributed by atoms with Gasteiger partial charge in [-0.3, -0.25) is 19.8 Å². The van der Waals surface area contributed by atoms with Crippen molar-refractivity contribution in [3.63, 3.8) is 0 Å². The van der Waals surface area contributed by atoms with Crippen LogP contribution in [0.5, 0.6) is 0 Å². The smallest absolute Gasteiger partial charge is 0.253 e. The number of nitrogens with one attached hydrogen (secondary N) is 2. The molecule has 2 aromatic carbocycles. The number of benzene rings is 2. The molecule has 0 bridgehead atoms. The van der Waals surface area contributed by atoms with Gasteiger partial charge in [-0.25, -0.2) is 10.3 Å². The summed E-state index contributed by atoms with van der Waals surface area (Å²) in [6.07, 6.45) is 0.163. The Morgan fingerprint density at radius 1 is 1.08 bits per heavy atom. The maximum atomic E-state index is 12.4. The Balaban J connectivity index is 1.59. The summed E-state index contributed by atoms with van der Waals surface area (Å²) in [7, 11) is 0. The first kappa shape index (κ1) is 17.1. The molecule has 0 aromatic heterocycles. The number of hydrazine groups is 1. The number of halogens is 1. The molecule has 1 aliphatic heterocycles. The summed E-state index contributed by atoms with van der Waals surface area (Å²) in [5.41, 5.74) is 6.47. The molecule has 1 saturated heterocycles. The van der Waals surface area contributed by atoms with Gasteiger partial charge in [-0.05, 0) is 29.8 Å². The Morgan fingerprint density at radius 3 is 2.44 bits per heavy atom. The average Bonchev–Trinajstić information content (AvgIpc) is 2.89. The number of rotatable bonds is 5. The highest BCUT2D eigenvalue weighted by Gasteiger charge is 2.39. The third-order valence-electron chi connectivity index (χ3n) is 3.82. The van der Waals surface area contributed by atoms with E-state index in [2.05, 4.69) is 10.9 Å². The van der Waals surface area contributed by atoms with Crippen molar-refractivity contribution < 1.29 is 14.4 Å². The summed E-state index contributed by atoms with van der Waals surface area (Å²) in [4.78, 5) is 37.6. The van der Waals surface area contributed by atoms with Crippen molar-refractivity contribution in [2.75, 3.05) is 4.90 Å². The highest BCUT2D eigenvalue weighted by atomic mass is 35.5. The van der Waals surface area contributed by atoms with Crippen molar-refractivity contribution in [3.05, 3.63) is 65.2 Å². The second kappa shape index (κ2) is 7.46. The van der Waals surface area contributed by atoms with Gasteiger partial charge < -0.3 is 0 Å². The van der Waals surface area contributed by atoms with Gasteiger partial charge in [0, 0.05) is 5.02 Å². The van der Waals surface area contributed by atoms with Gasteiger partial charge >= 0.3 is 0 Å². The van der Waals surface area contributed by atoms with E-state index < -0.39 is 11.9 Å². The Bertz CT molecular complexity index is 793. The van der Waals surface area contributed by atoms with E-state index in [4.69, 9.17) is 11.6 Å². The van der Waals surface area contributed by atoms with Crippen LogP contribution in [-0.4, -0.2) is 23.8 Å². The fourth-order valence-electron chi connectivity index (χ4n) is 2.60. The third-order valence-corrected chi connectivity index (χ3v) is 4.08. The lowest BCUT2D eigenvalue weighted by Crippen LogP contribution is -2.48. The minimum atomic E-state index is -0.789. The average molecular weight is 358 g/mol. The molecule has 128 valence electrons. The molecule has 6 nitrogen and oxygen atoms in total. The Hall–Kier alpha value is -2.70. The predicted molar refractivity (Wildman–Crippen MR) is 93.8 cm³/mol. The van der Waals surface area contributed by atoms with Gasteiger partial charge in [0.25, 0.3) is 5.91 Å². The predicted octanol–water partition coefficient (Wildman–Crippen LogP) is 1.84. The fraction of sp³-hybridized carbons (Fsp3) is 0.167. The zero-order valence-electron chi connectivity index (χ0n) is 13.2. The zero-order chi connectivity index (χ0) is 17.8. The van der Waals surface area contributed by atoms with E-state index in [1.165, 1.54) is 0 Å². The Kier molecular flexibility index (Phi) is 5.11. The molecule has 0 spiro atoms. The van der Waals surface area contributed by atoms with E-state index >= 15 is 0 Å². The molecule has 2 N–H and O–H groups in total. The molecule has 2 aromatic rings. The van der Waals surface area contributed by atoms with Crippen LogP contribution in [0.3, 0.4) is 0 Å². The lowest BCUT2D eigenvalue weighted by molar-refractivity contribution is -0.122. The normalized spacial score (nSPS) is 17.0. The van der Waals surface area contributed by atoms with Crippen LogP contribution in [-0.2, 0) is 20.8 Å². The van der Waals surface area contributed by atoms with Gasteiger partial charge in [-0.1, -0.05) is 41.9 Å². The van der Waals surface area contributed by atoms with Gasteiger partial charge in [0.05, 0.1) is 18.5 Å². The van der Waals surface area contributed by atoms with Gasteiger partial charge in [-0.2, -0.15) is 0 Å². The quantitative estimate of drug-likeness (QED) is 0.632. The van der Waals surface area contributed by atoms with E-state index in [1.807, 2.05) is 30.3 Å². The molecule has 25 heavy (non-hydrogen) atoms. The summed E-state index contributed by atoms with van der Waals surface area (Å²) in [6.45, 7) is 0. The van der Waals surface area contributed by atoms with Gasteiger partial charge in [0.15, 0.2) is 0 Å². The van der Waals surface area contributed by atoms with Crippen LogP contribution in [0, 0.1) is 0 Å². The van der Waals surface area contributed by atoms with Crippen molar-refractivity contribution in [2.45, 2.75) is 18.9 Å². The van der Waals surface area contributed by atoms with Crippen molar-refractivity contribution in [1.82, 2.24) is 10.9 Å². The number of imide groups is 1. The number of hydrogen-bond donors (Lipinski definition) is 2. The zero-order valence-corrected chi connectivity index (χ0v) is 14.0. The molecule has 1 fully saturated rings. The highest BCUT2D eigenvalue weighted by Crippen LogP contribution is 2.24. The van der Waals surface area contributed by atoms with Crippen LogP contribution in [0.15, 0.2) is 54.6 Å². The molecule has 1 atom stereocenters. The van der Waals surface area contributed by atoms with Gasteiger partial charge in [0.2, 0.25) is 11.8 Å². The number of hydrogen-bond acceptors (Lipinski definition) is 4. The molecular formula is C18H16ClN3O3. The van der Waals surface area contributed by atoms with Crippen molar-refractivity contribution in [2.24, 2.45) is 0 Å². The summed E-state index contributed by atoms with van der Waals surface area (Å²) in [6, 6.07) is 14.9. The standard InChI is InChI=1S/C18H16ClN3O3/c19-13-6-8-14(9-7-13)22-17(24)11-15(18(22)25)20-21-16(23)10-12-4-2-1-3-5-12/h1-9,15,20H,10-11H2,(H,21,23)/t15-/m1/s1. The Labute approximate surface area is 149 Å². The molecule has 0 unspecified atom stereocenters. The van der Waals surface area contributed by atoms with Crippen molar-refractivity contribution >= 4 is 35.0 Å². The molecule has 7 heteroatoms. The minimum Gasteiger partial charge on any atom is -0.291 e. The first-order valence-electron chi connectivity index (χ1n) is 7.75. The SMILES string of the molecule is O=C(Cc1ccccc1)NN[C@@H]1CC(=O)N(c2ccc(Cl)cc2)C1=O. The number of nitrogens with zero attached hydrogens (tertiary/aromatic N) is 1. The summed E-state index contributed by atoms with van der Waals surface area (Å²) in [5.74, 6) is -1.02. The van der Waals surface area contributed by atoms with Crippen LogP contribution in [0.25, 0.3) is 0 Å². The number of anilines is 1. The van der Waals surface area contributed by atoms with Gasteiger partial charge in [-0.15, -0.1) is 0 Å². The third kappa shape index (κ3) is 4.04. The summed E-state index contributed by atoms with van der Waals surface area (Å²) >= 11 is 5.82. The first-order valence-corrected chi connectivity index (χ1v) is 8.13. The largest absolute Gasteiger partial charge is 0.291 e. The van der Waals surface area contributed by atoms with Crippen molar-refractivity contribution in [1.29, 1.82) is 0 Å². The van der Waals surface area contributed by atoms with Gasteiger partial charge in [0.1, 0.15) is 6.04 Å². The second-order valence-corrected chi connectivity index (χ2v) is 6.09. The number of carbonyl (C=O) groups is 3. The lowest BCUT2D eigenvalue weighted by Gasteiger charge is -2.16. The van der Waals surface area contributed by atoms with Crippen LogP contribution < -0.4 is 15.8 Å². The monoisotopic (exact) mass is 357 g/mol. The van der Waals surface area contributed by atoms with Crippen LogP contribution >= 0.6 is 11.6 Å². The van der Waals surface area contributed by atoms with Crippen molar-refractivity contribution in [3.8, 4) is 0 Å². The maximum absolute atomic E-state index is 12.4. The lowest BCUT2D eigenvalue weighted by atomic mass is 10.1. The number of carbonyl (C=O) groups excluding carboxylic acids is 3. The maximum Gasteiger partial charge on any atom is 0.253 e. The van der Waals surface area contributed by atoms with Crippen LogP contribution in [0.4, 0.5) is 5.69 Å². The fourth-order valence-corrected chi connectivity index (χ4v) is 2.73. The molecular weight excluding hydrogens is 342 g/mol. The van der Waals surface area contributed by atoms with E-state index in [9.17, 15) is 14.4 Å². The molecule has 0 radical (unpaired) electrons. The highest BCUT2D eigenvalue weighted by molar-refractivity contribution is 6.30. The van der Waals surface area contributed by atoms with E-state index in [0.717, 1.165) is 10.5 Å². The van der Waals surface area contributed by atoms with E-state index in [-0.39, 0.29) is 24.7 Å². The Morgan fingerprint density at radius 2 is 1.76 bits per heavy atom. The second-order valence-electron chi connectivity index (χ2n) is 5.66. The molecule has 0 saturated carbocycles. The van der Waals surface area contributed by atoms with Crippen LogP contribution in [0.2, 0.25) is 5.02 Å².